The highest BCUT2D eigenvalue weighted by atomic mass is 16.5. The van der Waals surface area contributed by atoms with Crippen LogP contribution in [0.2, 0.25) is 0 Å². The molecule has 1 fully saturated rings. The zero-order valence-corrected chi connectivity index (χ0v) is 22.6. The van der Waals surface area contributed by atoms with E-state index in [4.69, 9.17) is 9.47 Å². The van der Waals surface area contributed by atoms with Crippen LogP contribution in [0.15, 0.2) is 78.9 Å². The molecule has 0 aliphatic heterocycles. The van der Waals surface area contributed by atoms with Gasteiger partial charge in [0.2, 0.25) is 0 Å². The van der Waals surface area contributed by atoms with Gasteiger partial charge in [0.1, 0.15) is 0 Å². The molecule has 2 unspecified atom stereocenters. The highest BCUT2D eigenvalue weighted by Crippen LogP contribution is 2.37. The van der Waals surface area contributed by atoms with Crippen LogP contribution in [0.4, 0.5) is 5.69 Å². The minimum atomic E-state index is -0.0208. The van der Waals surface area contributed by atoms with Crippen LogP contribution in [0.3, 0.4) is 0 Å². The summed E-state index contributed by atoms with van der Waals surface area (Å²) in [6.45, 7) is 5.43. The Balaban J connectivity index is 1.24. The monoisotopic (exact) mass is 512 g/mol. The summed E-state index contributed by atoms with van der Waals surface area (Å²) in [4.78, 5) is 15.7. The number of nitrogens with one attached hydrogen (secondary N) is 1. The van der Waals surface area contributed by atoms with Crippen molar-refractivity contribution >= 4 is 11.5 Å². The lowest BCUT2D eigenvalue weighted by Crippen LogP contribution is -2.43. The number of carbonyl (C=O) groups excluding carboxylic acids is 1. The number of carbonyl (C=O) groups is 1. The number of nitrogens with zero attached hydrogens (tertiary/aromatic N) is 1. The Morgan fingerprint density at radius 1 is 0.895 bits per heavy atom. The quantitative estimate of drug-likeness (QED) is 0.291. The van der Waals surface area contributed by atoms with E-state index in [-0.39, 0.29) is 17.9 Å². The van der Waals surface area contributed by atoms with Crippen LogP contribution in [-0.2, 0) is 22.7 Å². The van der Waals surface area contributed by atoms with Crippen molar-refractivity contribution in [1.29, 1.82) is 0 Å². The molecule has 5 nitrogen and oxygen atoms in total. The highest BCUT2D eigenvalue weighted by Gasteiger charge is 2.36. The molecule has 1 saturated carbocycles. The van der Waals surface area contributed by atoms with Crippen LogP contribution in [0, 0.1) is 5.92 Å². The molecule has 0 heterocycles. The van der Waals surface area contributed by atoms with E-state index in [1.54, 1.807) is 0 Å². The summed E-state index contributed by atoms with van der Waals surface area (Å²) in [6.07, 6.45) is 3.48. The maximum Gasteiger partial charge on any atom is 0.180 e. The van der Waals surface area contributed by atoms with Crippen LogP contribution in [0.1, 0.15) is 59.2 Å². The van der Waals surface area contributed by atoms with Gasteiger partial charge >= 0.3 is 0 Å². The minimum Gasteiger partial charge on any atom is -0.378 e. The smallest absolute Gasteiger partial charge is 0.180 e. The Kier molecular flexibility index (Phi) is 8.90. The standard InChI is InChI=1S/C33H40N2O3/c1-24-17-32(35(2)19-25-13-14-25)33(36)30-16-15-28(18-31(24)30)34-29(22-37-20-26-9-5-3-6-10-26)23-38-21-27-11-7-4-8-12-27/h3-12,15-16,18,24-25,29,32,34H,13-14,17,19-23H2,1-2H3. The van der Waals surface area contributed by atoms with E-state index in [1.165, 1.54) is 12.8 Å². The van der Waals surface area contributed by atoms with Gasteiger partial charge in [-0.05, 0) is 73.0 Å². The van der Waals surface area contributed by atoms with Crippen molar-refractivity contribution in [2.45, 2.75) is 57.4 Å². The predicted octanol–water partition coefficient (Wildman–Crippen LogP) is 6.30. The molecular formula is C33H40N2O3. The largest absolute Gasteiger partial charge is 0.378 e. The molecule has 3 aromatic carbocycles. The van der Waals surface area contributed by atoms with Gasteiger partial charge in [-0.1, -0.05) is 67.6 Å². The Bertz CT molecular complexity index is 1130. The zero-order chi connectivity index (χ0) is 26.3. The maximum absolute atomic E-state index is 13.4. The van der Waals surface area contributed by atoms with Crippen molar-refractivity contribution in [2.75, 3.05) is 32.1 Å². The second-order valence-electron chi connectivity index (χ2n) is 11.0. The lowest BCUT2D eigenvalue weighted by atomic mass is 9.79. The van der Waals surface area contributed by atoms with Crippen molar-refractivity contribution < 1.29 is 14.3 Å². The SMILES string of the molecule is CC1CC(N(C)CC2CC2)C(=O)c2ccc(NC(COCc3ccccc3)COCc3ccccc3)cc21. The van der Waals surface area contributed by atoms with E-state index in [9.17, 15) is 4.79 Å². The molecule has 3 aromatic rings. The number of Topliss-reactive ketones (excluding diaryl/α,β-unsaturated/α-hetero) is 1. The number of ketones is 1. The molecule has 0 aromatic heterocycles. The van der Waals surface area contributed by atoms with E-state index in [2.05, 4.69) is 54.5 Å². The Morgan fingerprint density at radius 3 is 2.08 bits per heavy atom. The van der Waals surface area contributed by atoms with E-state index >= 15 is 0 Å². The molecule has 5 heteroatoms. The Labute approximate surface area is 227 Å². The van der Waals surface area contributed by atoms with E-state index in [0.29, 0.717) is 32.3 Å². The van der Waals surface area contributed by atoms with Gasteiger partial charge in [-0.25, -0.2) is 0 Å². The van der Waals surface area contributed by atoms with Gasteiger partial charge in [0, 0.05) is 17.8 Å². The molecule has 2 atom stereocenters. The summed E-state index contributed by atoms with van der Waals surface area (Å²) in [5.74, 6) is 1.38. The van der Waals surface area contributed by atoms with Crippen molar-refractivity contribution in [3.05, 3.63) is 101 Å². The van der Waals surface area contributed by atoms with Gasteiger partial charge in [-0.3, -0.25) is 9.69 Å². The van der Waals surface area contributed by atoms with Gasteiger partial charge in [0.05, 0.1) is 38.5 Å². The van der Waals surface area contributed by atoms with Gasteiger partial charge in [0.15, 0.2) is 5.78 Å². The highest BCUT2D eigenvalue weighted by molar-refractivity contribution is 6.03. The lowest BCUT2D eigenvalue weighted by molar-refractivity contribution is 0.0601. The molecular weight excluding hydrogens is 472 g/mol. The summed E-state index contributed by atoms with van der Waals surface area (Å²) in [6, 6.07) is 26.6. The fraction of sp³-hybridized carbons (Fsp3) is 0.424. The number of hydrogen-bond acceptors (Lipinski definition) is 5. The first kappa shape index (κ1) is 26.6. The van der Waals surface area contributed by atoms with E-state index in [1.807, 2.05) is 48.5 Å². The molecule has 0 radical (unpaired) electrons. The van der Waals surface area contributed by atoms with Crippen molar-refractivity contribution in [2.24, 2.45) is 5.92 Å². The first-order valence-corrected chi connectivity index (χ1v) is 13.9. The fourth-order valence-electron chi connectivity index (χ4n) is 5.40. The van der Waals surface area contributed by atoms with Crippen LogP contribution in [-0.4, -0.2) is 49.6 Å². The summed E-state index contributed by atoms with van der Waals surface area (Å²) in [5.41, 5.74) is 5.33. The van der Waals surface area contributed by atoms with Crippen molar-refractivity contribution in [1.82, 2.24) is 4.90 Å². The maximum atomic E-state index is 13.4. The minimum absolute atomic E-state index is 0.0116. The number of rotatable bonds is 13. The third-order valence-corrected chi connectivity index (χ3v) is 7.73. The number of fused-ring (bicyclic) bond motifs is 1. The number of anilines is 1. The van der Waals surface area contributed by atoms with Crippen LogP contribution >= 0.6 is 0 Å². The summed E-state index contributed by atoms with van der Waals surface area (Å²) >= 11 is 0. The third-order valence-electron chi connectivity index (χ3n) is 7.73. The third kappa shape index (κ3) is 7.10. The first-order chi connectivity index (χ1) is 18.6. The zero-order valence-electron chi connectivity index (χ0n) is 22.6. The topological polar surface area (TPSA) is 50.8 Å². The Hall–Kier alpha value is -2.99. The molecule has 200 valence electrons. The molecule has 2 aliphatic rings. The summed E-state index contributed by atoms with van der Waals surface area (Å²) in [7, 11) is 2.12. The van der Waals surface area contributed by atoms with Gasteiger partial charge in [-0.15, -0.1) is 0 Å². The van der Waals surface area contributed by atoms with Crippen LogP contribution in [0.25, 0.3) is 0 Å². The summed E-state index contributed by atoms with van der Waals surface area (Å²) in [5, 5.41) is 3.63. The molecule has 0 saturated heterocycles. The van der Waals surface area contributed by atoms with Crippen molar-refractivity contribution in [3.63, 3.8) is 0 Å². The normalized spacial score (nSPS) is 19.1. The average molecular weight is 513 g/mol. The molecule has 38 heavy (non-hydrogen) atoms. The van der Waals surface area contributed by atoms with Gasteiger partial charge in [0.25, 0.3) is 0 Å². The molecule has 0 bridgehead atoms. The fourth-order valence-corrected chi connectivity index (χ4v) is 5.40. The molecule has 5 rings (SSSR count). The van der Waals surface area contributed by atoms with Crippen molar-refractivity contribution in [3.8, 4) is 0 Å². The number of hydrogen-bond donors (Lipinski definition) is 1. The number of ether oxygens (including phenoxy) is 2. The average Bonchev–Trinajstić information content (AvgIpc) is 3.76. The first-order valence-electron chi connectivity index (χ1n) is 13.9. The van der Waals surface area contributed by atoms with E-state index < -0.39 is 0 Å². The van der Waals surface area contributed by atoms with Gasteiger partial charge in [-0.2, -0.15) is 0 Å². The van der Waals surface area contributed by atoms with E-state index in [0.717, 1.165) is 46.8 Å². The second-order valence-corrected chi connectivity index (χ2v) is 11.0. The lowest BCUT2D eigenvalue weighted by Gasteiger charge is -2.35. The Morgan fingerprint density at radius 2 is 1.50 bits per heavy atom. The van der Waals surface area contributed by atoms with Gasteiger partial charge < -0.3 is 14.8 Å². The molecule has 0 spiro atoms. The van der Waals surface area contributed by atoms with Crippen LogP contribution in [0.5, 0.6) is 0 Å². The molecule has 2 aliphatic carbocycles. The molecule has 1 N–H and O–H groups in total. The number of benzene rings is 3. The summed E-state index contributed by atoms with van der Waals surface area (Å²) < 4.78 is 12.2. The molecule has 0 amide bonds. The number of likely N-dealkylation sites (N-methyl/N-ethyl adjacent to an activating group) is 1. The predicted molar refractivity (Wildman–Crippen MR) is 153 cm³/mol. The second kappa shape index (κ2) is 12.7. The van der Waals surface area contributed by atoms with Crippen LogP contribution < -0.4 is 5.32 Å².